The lowest BCUT2D eigenvalue weighted by molar-refractivity contribution is -0.118. The second kappa shape index (κ2) is 10.8. The first-order chi connectivity index (χ1) is 14.2. The van der Waals surface area contributed by atoms with Crippen LogP contribution in [0.25, 0.3) is 0 Å². The summed E-state index contributed by atoms with van der Waals surface area (Å²) in [4.78, 5) is 24.5. The van der Waals surface area contributed by atoms with Crippen molar-refractivity contribution in [3.63, 3.8) is 0 Å². The van der Waals surface area contributed by atoms with Crippen molar-refractivity contribution in [1.82, 2.24) is 0 Å². The number of carbonyl (C=O) groups is 2. The molecule has 2 aromatic rings. The first-order valence-corrected chi connectivity index (χ1v) is 10.1. The number of hydrogen-bond donors (Lipinski definition) is 1. The Morgan fingerprint density at radius 3 is 2.50 bits per heavy atom. The number of rotatable bonds is 9. The normalized spacial score (nSPS) is 11.1. The number of benzene rings is 2. The van der Waals surface area contributed by atoms with Gasteiger partial charge >= 0.3 is 5.97 Å². The Labute approximate surface area is 178 Å². The molecule has 0 saturated heterocycles. The third-order valence-corrected chi connectivity index (χ3v) is 4.35. The zero-order valence-corrected chi connectivity index (χ0v) is 18.4. The lowest BCUT2D eigenvalue weighted by Gasteiger charge is -2.23. The highest BCUT2D eigenvalue weighted by molar-refractivity contribution is 5.95. The van der Waals surface area contributed by atoms with Gasteiger partial charge in [-0.15, -0.1) is 0 Å². The standard InChI is InChI=1S/C24H31NO5/c1-6-28-12-13-29-23(27)18-8-7-9-19(15-18)25-22(26)16-30-21-11-10-17(2)14-20(21)24(3,4)5/h7-11,14-15H,6,12-13,16H2,1-5H3,(H,25,26). The highest BCUT2D eigenvalue weighted by atomic mass is 16.6. The van der Waals surface area contributed by atoms with Gasteiger partial charge in [0.2, 0.25) is 0 Å². The van der Waals surface area contributed by atoms with Crippen LogP contribution in [0.2, 0.25) is 0 Å². The number of nitrogens with one attached hydrogen (secondary N) is 1. The summed E-state index contributed by atoms with van der Waals surface area (Å²) in [6.45, 7) is 11.2. The summed E-state index contributed by atoms with van der Waals surface area (Å²) < 4.78 is 16.1. The molecule has 1 N–H and O–H groups in total. The van der Waals surface area contributed by atoms with Crippen LogP contribution < -0.4 is 10.1 Å². The van der Waals surface area contributed by atoms with Crippen molar-refractivity contribution in [2.75, 3.05) is 31.7 Å². The molecule has 0 atom stereocenters. The van der Waals surface area contributed by atoms with Crippen molar-refractivity contribution in [3.05, 3.63) is 59.2 Å². The molecular formula is C24H31NO5. The molecule has 0 aromatic heterocycles. The average molecular weight is 414 g/mol. The highest BCUT2D eigenvalue weighted by Gasteiger charge is 2.20. The van der Waals surface area contributed by atoms with Crippen molar-refractivity contribution < 1.29 is 23.8 Å². The van der Waals surface area contributed by atoms with E-state index in [1.54, 1.807) is 24.3 Å². The molecule has 30 heavy (non-hydrogen) atoms. The Morgan fingerprint density at radius 2 is 1.80 bits per heavy atom. The first-order valence-electron chi connectivity index (χ1n) is 10.1. The third-order valence-electron chi connectivity index (χ3n) is 4.35. The summed E-state index contributed by atoms with van der Waals surface area (Å²) in [7, 11) is 0. The number of carbonyl (C=O) groups excluding carboxylic acids is 2. The van der Waals surface area contributed by atoms with Crippen LogP contribution in [-0.4, -0.2) is 38.3 Å². The van der Waals surface area contributed by atoms with E-state index in [1.807, 2.05) is 26.0 Å². The predicted octanol–water partition coefficient (Wildman–Crippen LogP) is 4.50. The van der Waals surface area contributed by atoms with E-state index >= 15 is 0 Å². The van der Waals surface area contributed by atoms with Crippen LogP contribution in [0.3, 0.4) is 0 Å². The summed E-state index contributed by atoms with van der Waals surface area (Å²) in [5.41, 5.74) is 2.95. The van der Waals surface area contributed by atoms with Crippen molar-refractivity contribution >= 4 is 17.6 Å². The van der Waals surface area contributed by atoms with Crippen molar-refractivity contribution in [1.29, 1.82) is 0 Å². The van der Waals surface area contributed by atoms with Crippen LogP contribution in [0.15, 0.2) is 42.5 Å². The summed E-state index contributed by atoms with van der Waals surface area (Å²) in [5.74, 6) is -0.0799. The molecule has 0 bridgehead atoms. The fourth-order valence-electron chi connectivity index (χ4n) is 2.84. The van der Waals surface area contributed by atoms with Gasteiger partial charge in [-0.05, 0) is 49.1 Å². The molecule has 0 aliphatic heterocycles. The number of hydrogen-bond acceptors (Lipinski definition) is 5. The number of ether oxygens (including phenoxy) is 3. The molecule has 0 aliphatic carbocycles. The predicted molar refractivity (Wildman–Crippen MR) is 117 cm³/mol. The van der Waals surface area contributed by atoms with E-state index in [-0.39, 0.29) is 24.5 Å². The first kappa shape index (κ1) is 23.4. The molecule has 0 unspecified atom stereocenters. The van der Waals surface area contributed by atoms with E-state index in [0.29, 0.717) is 30.2 Å². The quantitative estimate of drug-likeness (QED) is 0.484. The lowest BCUT2D eigenvalue weighted by Crippen LogP contribution is -2.22. The van der Waals surface area contributed by atoms with E-state index in [4.69, 9.17) is 14.2 Å². The highest BCUT2D eigenvalue weighted by Crippen LogP contribution is 2.32. The van der Waals surface area contributed by atoms with Gasteiger partial charge in [0.1, 0.15) is 12.4 Å². The summed E-state index contributed by atoms with van der Waals surface area (Å²) >= 11 is 0. The Morgan fingerprint density at radius 1 is 1.03 bits per heavy atom. The smallest absolute Gasteiger partial charge is 0.338 e. The topological polar surface area (TPSA) is 73.9 Å². The fraction of sp³-hybridized carbons (Fsp3) is 0.417. The Hall–Kier alpha value is -2.86. The Bertz CT molecular complexity index is 870. The van der Waals surface area contributed by atoms with E-state index in [2.05, 4.69) is 32.2 Å². The van der Waals surface area contributed by atoms with Crippen LogP contribution >= 0.6 is 0 Å². The molecule has 0 spiro atoms. The second-order valence-corrected chi connectivity index (χ2v) is 8.00. The molecule has 162 valence electrons. The molecule has 0 aliphatic rings. The van der Waals surface area contributed by atoms with Crippen LogP contribution in [0.1, 0.15) is 49.2 Å². The van der Waals surface area contributed by atoms with E-state index in [9.17, 15) is 9.59 Å². The summed E-state index contributed by atoms with van der Waals surface area (Å²) in [6.07, 6.45) is 0. The van der Waals surface area contributed by atoms with E-state index < -0.39 is 5.97 Å². The molecule has 1 amide bonds. The van der Waals surface area contributed by atoms with Crippen LogP contribution in [0.5, 0.6) is 5.75 Å². The maximum Gasteiger partial charge on any atom is 0.338 e. The Balaban J connectivity index is 1.95. The third kappa shape index (κ3) is 7.19. The summed E-state index contributed by atoms with van der Waals surface area (Å²) in [6, 6.07) is 12.5. The van der Waals surface area contributed by atoms with Crippen LogP contribution in [-0.2, 0) is 19.7 Å². The van der Waals surface area contributed by atoms with Gasteiger partial charge in [0.15, 0.2) is 6.61 Å². The van der Waals surface area contributed by atoms with E-state index in [1.165, 1.54) is 0 Å². The van der Waals surface area contributed by atoms with Gasteiger partial charge in [-0.2, -0.15) is 0 Å². The minimum Gasteiger partial charge on any atom is -0.483 e. The molecule has 2 aromatic carbocycles. The Kier molecular flexibility index (Phi) is 8.42. The van der Waals surface area contributed by atoms with Crippen molar-refractivity contribution in [2.45, 2.75) is 40.0 Å². The van der Waals surface area contributed by atoms with Crippen LogP contribution in [0, 0.1) is 6.92 Å². The second-order valence-electron chi connectivity index (χ2n) is 8.00. The minimum atomic E-state index is -0.462. The van der Waals surface area contributed by atoms with Gasteiger partial charge in [-0.1, -0.05) is 44.5 Å². The SMILES string of the molecule is CCOCCOC(=O)c1cccc(NC(=O)COc2ccc(C)cc2C(C)(C)C)c1. The van der Waals surface area contributed by atoms with E-state index in [0.717, 1.165) is 11.1 Å². The maximum absolute atomic E-state index is 12.4. The number of amides is 1. The average Bonchev–Trinajstić information content (AvgIpc) is 2.69. The molecule has 0 fully saturated rings. The number of anilines is 1. The maximum atomic E-state index is 12.4. The zero-order chi connectivity index (χ0) is 22.1. The molecule has 0 heterocycles. The molecule has 0 saturated carbocycles. The zero-order valence-electron chi connectivity index (χ0n) is 18.4. The van der Waals surface area contributed by atoms with Gasteiger partial charge in [0, 0.05) is 12.3 Å². The van der Waals surface area contributed by atoms with Crippen molar-refractivity contribution in [2.24, 2.45) is 0 Å². The van der Waals surface area contributed by atoms with Gasteiger partial charge in [0.25, 0.3) is 5.91 Å². The molecular weight excluding hydrogens is 382 g/mol. The van der Waals surface area contributed by atoms with Gasteiger partial charge < -0.3 is 19.5 Å². The molecule has 0 radical (unpaired) electrons. The van der Waals surface area contributed by atoms with Gasteiger partial charge in [0.05, 0.1) is 12.2 Å². The molecule has 6 heteroatoms. The summed E-state index contributed by atoms with van der Waals surface area (Å²) in [5, 5.41) is 2.76. The number of aryl methyl sites for hydroxylation is 1. The minimum absolute atomic E-state index is 0.102. The number of esters is 1. The molecule has 6 nitrogen and oxygen atoms in total. The largest absolute Gasteiger partial charge is 0.483 e. The monoisotopic (exact) mass is 413 g/mol. The van der Waals surface area contributed by atoms with Crippen molar-refractivity contribution in [3.8, 4) is 5.75 Å². The lowest BCUT2D eigenvalue weighted by atomic mass is 9.85. The van der Waals surface area contributed by atoms with Crippen LogP contribution in [0.4, 0.5) is 5.69 Å². The van der Waals surface area contributed by atoms with Gasteiger partial charge in [-0.3, -0.25) is 4.79 Å². The molecule has 2 rings (SSSR count). The van der Waals surface area contributed by atoms with Gasteiger partial charge in [-0.25, -0.2) is 4.79 Å². The fourth-order valence-corrected chi connectivity index (χ4v) is 2.84.